The molecule has 0 saturated heterocycles. The molecule has 10 heteroatoms. The zero-order chi connectivity index (χ0) is 27.2. The Morgan fingerprint density at radius 1 is 1.08 bits per heavy atom. The summed E-state index contributed by atoms with van der Waals surface area (Å²) in [6, 6.07) is 12.3. The van der Waals surface area contributed by atoms with Gasteiger partial charge in [-0.05, 0) is 51.1 Å². The quantitative estimate of drug-likeness (QED) is 0.428. The Kier molecular flexibility index (Phi) is 9.22. The van der Waals surface area contributed by atoms with E-state index in [1.807, 2.05) is 32.9 Å². The minimum absolute atomic E-state index is 0.0265. The van der Waals surface area contributed by atoms with Crippen LogP contribution in [0.5, 0.6) is 5.75 Å². The fourth-order valence-corrected chi connectivity index (χ4v) is 3.80. The molecule has 3 rings (SSSR count). The fourth-order valence-electron chi connectivity index (χ4n) is 3.41. The Bertz CT molecular complexity index is 1350. The number of aromatic nitrogens is 2. The molecule has 2 N–H and O–H groups in total. The first kappa shape index (κ1) is 28.1. The van der Waals surface area contributed by atoms with E-state index >= 15 is 0 Å². The SMILES string of the molecule is COCC(=O)NCC#Cc1ccc(-n2nc(C(=O)NC(C)(C)C)c(OC)c2-c2ccc(Cl)cc2)c(Cl)c1. The van der Waals surface area contributed by atoms with Crippen molar-refractivity contribution in [1.29, 1.82) is 0 Å². The molecule has 0 bridgehead atoms. The number of halogens is 2. The van der Waals surface area contributed by atoms with E-state index in [-0.39, 0.29) is 30.7 Å². The average molecular weight is 543 g/mol. The third kappa shape index (κ3) is 7.26. The molecule has 0 aliphatic rings. The molecule has 194 valence electrons. The molecule has 0 aliphatic heterocycles. The number of rotatable bonds is 7. The number of methoxy groups -OCH3 is 2. The number of amides is 2. The summed E-state index contributed by atoms with van der Waals surface area (Å²) >= 11 is 12.8. The maximum atomic E-state index is 13.1. The van der Waals surface area contributed by atoms with Gasteiger partial charge < -0.3 is 20.1 Å². The molecule has 0 radical (unpaired) electrons. The van der Waals surface area contributed by atoms with Crippen molar-refractivity contribution in [3.8, 4) is 34.5 Å². The zero-order valence-electron chi connectivity index (χ0n) is 21.2. The van der Waals surface area contributed by atoms with Gasteiger partial charge >= 0.3 is 0 Å². The van der Waals surface area contributed by atoms with Crippen LogP contribution in [0, 0.1) is 11.8 Å². The maximum absolute atomic E-state index is 13.1. The second-order valence-electron chi connectivity index (χ2n) is 9.03. The lowest BCUT2D eigenvalue weighted by atomic mass is 10.1. The smallest absolute Gasteiger partial charge is 0.276 e. The molecule has 0 unspecified atom stereocenters. The van der Waals surface area contributed by atoms with Crippen molar-refractivity contribution in [1.82, 2.24) is 20.4 Å². The molecule has 1 heterocycles. The molecule has 0 saturated carbocycles. The van der Waals surface area contributed by atoms with Crippen LogP contribution in [-0.4, -0.2) is 54.5 Å². The van der Waals surface area contributed by atoms with Crippen molar-refractivity contribution >= 4 is 35.0 Å². The molecule has 8 nitrogen and oxygen atoms in total. The molecule has 2 aromatic carbocycles. The predicted octanol–water partition coefficient (Wildman–Crippen LogP) is 4.50. The molecular formula is C27H28Cl2N4O4. The number of hydrogen-bond acceptors (Lipinski definition) is 5. The normalized spacial score (nSPS) is 10.9. The van der Waals surface area contributed by atoms with Crippen molar-refractivity contribution in [2.45, 2.75) is 26.3 Å². The third-order valence-corrected chi connectivity index (χ3v) is 5.48. The van der Waals surface area contributed by atoms with E-state index in [9.17, 15) is 9.59 Å². The first-order valence-electron chi connectivity index (χ1n) is 11.3. The average Bonchev–Trinajstić information content (AvgIpc) is 3.21. The van der Waals surface area contributed by atoms with E-state index < -0.39 is 5.54 Å². The monoisotopic (exact) mass is 542 g/mol. The molecule has 1 aromatic heterocycles. The standard InChI is InChI=1S/C27H28Cl2N4O4/c1-27(2,3)31-26(35)23-25(37-5)24(18-9-11-19(28)12-10-18)33(32-23)21-13-8-17(15-20(21)29)7-6-14-30-22(34)16-36-4/h8-13,15H,14,16H2,1-5H3,(H,30,34)(H,31,35). The van der Waals surface area contributed by atoms with Crippen LogP contribution in [0.4, 0.5) is 0 Å². The molecule has 0 aliphatic carbocycles. The van der Waals surface area contributed by atoms with Gasteiger partial charge in [0.2, 0.25) is 5.91 Å². The van der Waals surface area contributed by atoms with E-state index in [0.29, 0.717) is 32.7 Å². The minimum atomic E-state index is -0.479. The second-order valence-corrected chi connectivity index (χ2v) is 9.87. The summed E-state index contributed by atoms with van der Waals surface area (Å²) in [6.07, 6.45) is 0. The number of nitrogens with one attached hydrogen (secondary N) is 2. The summed E-state index contributed by atoms with van der Waals surface area (Å²) in [5, 5.41) is 11.1. The van der Waals surface area contributed by atoms with E-state index in [4.69, 9.17) is 32.7 Å². The fraction of sp³-hybridized carbons (Fsp3) is 0.296. The Morgan fingerprint density at radius 2 is 1.78 bits per heavy atom. The van der Waals surface area contributed by atoms with Gasteiger partial charge in [-0.3, -0.25) is 9.59 Å². The molecule has 0 fully saturated rings. The summed E-state index contributed by atoms with van der Waals surface area (Å²) in [4.78, 5) is 24.6. The van der Waals surface area contributed by atoms with Crippen LogP contribution in [0.15, 0.2) is 42.5 Å². The van der Waals surface area contributed by atoms with Gasteiger partial charge in [-0.15, -0.1) is 0 Å². The van der Waals surface area contributed by atoms with Gasteiger partial charge in [-0.2, -0.15) is 5.10 Å². The van der Waals surface area contributed by atoms with Crippen LogP contribution >= 0.6 is 23.2 Å². The third-order valence-electron chi connectivity index (χ3n) is 4.93. The molecule has 0 spiro atoms. The van der Waals surface area contributed by atoms with Crippen LogP contribution in [0.3, 0.4) is 0 Å². The number of nitrogens with zero attached hydrogens (tertiary/aromatic N) is 2. The maximum Gasteiger partial charge on any atom is 0.276 e. The summed E-state index contributed by atoms with van der Waals surface area (Å²) in [6.45, 7) is 5.79. The molecule has 37 heavy (non-hydrogen) atoms. The Hall–Kier alpha value is -3.51. The van der Waals surface area contributed by atoms with Crippen molar-refractivity contribution in [2.24, 2.45) is 0 Å². The van der Waals surface area contributed by atoms with E-state index in [1.54, 1.807) is 35.0 Å². The zero-order valence-corrected chi connectivity index (χ0v) is 22.8. The number of hydrogen-bond donors (Lipinski definition) is 2. The number of ether oxygens (including phenoxy) is 2. The lowest BCUT2D eigenvalue weighted by Gasteiger charge is -2.19. The lowest BCUT2D eigenvalue weighted by Crippen LogP contribution is -2.40. The van der Waals surface area contributed by atoms with Crippen molar-refractivity contribution < 1.29 is 19.1 Å². The van der Waals surface area contributed by atoms with Crippen molar-refractivity contribution in [3.63, 3.8) is 0 Å². The Morgan fingerprint density at radius 3 is 2.38 bits per heavy atom. The Labute approximate surface area is 226 Å². The van der Waals surface area contributed by atoms with Gasteiger partial charge in [0, 0.05) is 28.8 Å². The predicted molar refractivity (Wildman–Crippen MR) is 145 cm³/mol. The number of carbonyl (C=O) groups is 2. The lowest BCUT2D eigenvalue weighted by molar-refractivity contribution is -0.124. The highest BCUT2D eigenvalue weighted by molar-refractivity contribution is 6.32. The van der Waals surface area contributed by atoms with Gasteiger partial charge in [0.1, 0.15) is 12.3 Å². The van der Waals surface area contributed by atoms with Gasteiger partial charge in [0.15, 0.2) is 11.4 Å². The highest BCUT2D eigenvalue weighted by Crippen LogP contribution is 2.37. The summed E-state index contributed by atoms with van der Waals surface area (Å²) < 4.78 is 12.0. The van der Waals surface area contributed by atoms with Gasteiger partial charge in [-0.1, -0.05) is 47.2 Å². The summed E-state index contributed by atoms with van der Waals surface area (Å²) in [5.74, 6) is 5.51. The molecule has 0 atom stereocenters. The van der Waals surface area contributed by atoms with E-state index in [0.717, 1.165) is 5.56 Å². The van der Waals surface area contributed by atoms with Crippen molar-refractivity contribution in [2.75, 3.05) is 27.4 Å². The highest BCUT2D eigenvalue weighted by Gasteiger charge is 2.28. The van der Waals surface area contributed by atoms with Crippen LogP contribution in [0.25, 0.3) is 16.9 Å². The van der Waals surface area contributed by atoms with Gasteiger partial charge in [-0.25, -0.2) is 4.68 Å². The first-order valence-corrected chi connectivity index (χ1v) is 12.1. The number of benzene rings is 2. The van der Waals surface area contributed by atoms with Crippen LogP contribution in [-0.2, 0) is 9.53 Å². The van der Waals surface area contributed by atoms with Crippen molar-refractivity contribution in [3.05, 3.63) is 63.8 Å². The molecule has 3 aromatic rings. The van der Waals surface area contributed by atoms with Crippen LogP contribution in [0.1, 0.15) is 36.8 Å². The molecule has 2 amide bonds. The minimum Gasteiger partial charge on any atom is -0.492 e. The van der Waals surface area contributed by atoms with Crippen LogP contribution < -0.4 is 15.4 Å². The summed E-state index contributed by atoms with van der Waals surface area (Å²) in [5.41, 5.74) is 2.09. The largest absolute Gasteiger partial charge is 0.492 e. The van der Waals surface area contributed by atoms with Gasteiger partial charge in [0.25, 0.3) is 5.91 Å². The summed E-state index contributed by atoms with van der Waals surface area (Å²) in [7, 11) is 2.93. The van der Waals surface area contributed by atoms with E-state index in [1.165, 1.54) is 14.2 Å². The molecular weight excluding hydrogens is 515 g/mol. The topological polar surface area (TPSA) is 94.5 Å². The van der Waals surface area contributed by atoms with Gasteiger partial charge in [0.05, 0.1) is 24.4 Å². The highest BCUT2D eigenvalue weighted by atomic mass is 35.5. The first-order chi connectivity index (χ1) is 17.5. The van der Waals surface area contributed by atoms with Crippen LogP contribution in [0.2, 0.25) is 10.0 Å². The second kappa shape index (κ2) is 12.2. The Balaban J connectivity index is 2.05. The van der Waals surface area contributed by atoms with E-state index in [2.05, 4.69) is 27.6 Å². The number of carbonyl (C=O) groups excluding carboxylic acids is 2.